The molecule has 1 aromatic heterocycles. The summed E-state index contributed by atoms with van der Waals surface area (Å²) in [5, 5.41) is 9.75. The van der Waals surface area contributed by atoms with Gasteiger partial charge in [-0.05, 0) is 48.4 Å². The number of rotatable bonds is 7. The molecule has 2 aromatic carbocycles. The van der Waals surface area contributed by atoms with Gasteiger partial charge in [0.1, 0.15) is 18.1 Å². The first-order valence-electron chi connectivity index (χ1n) is 8.63. The lowest BCUT2D eigenvalue weighted by molar-refractivity contribution is -0.131. The molecule has 0 bridgehead atoms. The molecule has 0 saturated heterocycles. The second-order valence-electron chi connectivity index (χ2n) is 6.13. The van der Waals surface area contributed by atoms with Gasteiger partial charge in [-0.15, -0.1) is 0 Å². The van der Waals surface area contributed by atoms with E-state index in [1.807, 2.05) is 31.2 Å². The molecular weight excluding hydrogens is 413 g/mol. The van der Waals surface area contributed by atoms with Crippen LogP contribution in [0.5, 0.6) is 17.4 Å². The molecule has 0 atom stereocenters. The summed E-state index contributed by atoms with van der Waals surface area (Å²) in [7, 11) is 0. The number of aryl methyl sites for hydroxylation is 1. The minimum atomic E-state index is -1.03. The SMILES string of the molecule is Cc1cc(Oc2ccc(OCc3ccccc3Cl)cn2)c(Cl)cc1C=CC(=O)O. The third-order valence-corrected chi connectivity index (χ3v) is 4.67. The molecule has 1 heterocycles. The smallest absolute Gasteiger partial charge is 0.328 e. The number of hydrogen-bond acceptors (Lipinski definition) is 4. The first kappa shape index (κ1) is 20.7. The van der Waals surface area contributed by atoms with Crippen LogP contribution in [0.3, 0.4) is 0 Å². The quantitative estimate of drug-likeness (QED) is 0.455. The van der Waals surface area contributed by atoms with Crippen LogP contribution in [0.4, 0.5) is 0 Å². The second-order valence-corrected chi connectivity index (χ2v) is 6.94. The van der Waals surface area contributed by atoms with Crippen LogP contribution in [0.25, 0.3) is 6.08 Å². The molecule has 0 aliphatic carbocycles. The van der Waals surface area contributed by atoms with Crippen molar-refractivity contribution in [1.82, 2.24) is 4.98 Å². The maximum Gasteiger partial charge on any atom is 0.328 e. The summed E-state index contributed by atoms with van der Waals surface area (Å²) in [5.74, 6) is 0.328. The number of carbonyl (C=O) groups is 1. The predicted octanol–water partition coefficient (Wildman–Crippen LogP) is 6.17. The van der Waals surface area contributed by atoms with Crippen molar-refractivity contribution in [2.45, 2.75) is 13.5 Å². The zero-order valence-corrected chi connectivity index (χ0v) is 16.9. The number of pyridine rings is 1. The fourth-order valence-corrected chi connectivity index (χ4v) is 2.89. The Morgan fingerprint density at radius 3 is 2.62 bits per heavy atom. The van der Waals surface area contributed by atoms with Gasteiger partial charge < -0.3 is 14.6 Å². The molecule has 0 radical (unpaired) electrons. The number of carboxylic acids is 1. The highest BCUT2D eigenvalue weighted by Gasteiger charge is 2.09. The minimum absolute atomic E-state index is 0.331. The van der Waals surface area contributed by atoms with E-state index in [1.165, 1.54) is 6.08 Å². The summed E-state index contributed by atoms with van der Waals surface area (Å²) in [6.45, 7) is 2.17. The van der Waals surface area contributed by atoms with Gasteiger partial charge >= 0.3 is 5.97 Å². The molecule has 0 spiro atoms. The predicted molar refractivity (Wildman–Crippen MR) is 113 cm³/mol. The lowest BCUT2D eigenvalue weighted by Crippen LogP contribution is -1.97. The van der Waals surface area contributed by atoms with E-state index in [-0.39, 0.29) is 0 Å². The summed E-state index contributed by atoms with van der Waals surface area (Å²) in [5.41, 5.74) is 2.40. The zero-order chi connectivity index (χ0) is 20.8. The molecule has 0 aliphatic heterocycles. The third kappa shape index (κ3) is 5.73. The minimum Gasteiger partial charge on any atom is -0.487 e. The molecule has 5 nitrogen and oxygen atoms in total. The van der Waals surface area contributed by atoms with Gasteiger partial charge in [-0.2, -0.15) is 0 Å². The van der Waals surface area contributed by atoms with Crippen LogP contribution >= 0.6 is 23.2 Å². The van der Waals surface area contributed by atoms with E-state index in [9.17, 15) is 4.79 Å². The number of halogens is 2. The molecule has 0 amide bonds. The summed E-state index contributed by atoms with van der Waals surface area (Å²) >= 11 is 12.4. The van der Waals surface area contributed by atoms with Crippen molar-refractivity contribution in [2.24, 2.45) is 0 Å². The van der Waals surface area contributed by atoms with Gasteiger partial charge in [-0.25, -0.2) is 9.78 Å². The largest absolute Gasteiger partial charge is 0.487 e. The summed E-state index contributed by atoms with van der Waals surface area (Å²) in [4.78, 5) is 14.9. The number of nitrogens with zero attached hydrogens (tertiary/aromatic N) is 1. The number of benzene rings is 2. The Morgan fingerprint density at radius 2 is 1.93 bits per heavy atom. The molecule has 148 valence electrons. The highest BCUT2D eigenvalue weighted by Crippen LogP contribution is 2.32. The van der Waals surface area contributed by atoms with Gasteiger partial charge in [0.05, 0.1) is 11.2 Å². The van der Waals surface area contributed by atoms with Gasteiger partial charge in [-0.1, -0.05) is 41.4 Å². The van der Waals surface area contributed by atoms with Crippen LogP contribution in [0.15, 0.2) is 60.8 Å². The van der Waals surface area contributed by atoms with Crippen molar-refractivity contribution in [3.8, 4) is 17.4 Å². The van der Waals surface area contributed by atoms with Crippen LogP contribution in [-0.2, 0) is 11.4 Å². The summed E-state index contributed by atoms with van der Waals surface area (Å²) in [6, 6.07) is 14.3. The van der Waals surface area contributed by atoms with E-state index >= 15 is 0 Å². The normalized spacial score (nSPS) is 10.9. The molecule has 0 aliphatic rings. The summed E-state index contributed by atoms with van der Waals surface area (Å²) in [6.07, 6.45) is 4.09. The molecule has 0 unspecified atom stereocenters. The number of ether oxygens (including phenoxy) is 2. The average Bonchev–Trinajstić information content (AvgIpc) is 2.70. The van der Waals surface area contributed by atoms with E-state index in [0.29, 0.717) is 39.6 Å². The zero-order valence-electron chi connectivity index (χ0n) is 15.4. The Bertz CT molecular complexity index is 1050. The van der Waals surface area contributed by atoms with Crippen LogP contribution in [0.1, 0.15) is 16.7 Å². The molecule has 3 rings (SSSR count). The van der Waals surface area contributed by atoms with E-state index < -0.39 is 5.97 Å². The van der Waals surface area contributed by atoms with Gasteiger partial charge in [-0.3, -0.25) is 0 Å². The lowest BCUT2D eigenvalue weighted by Gasteiger charge is -2.11. The number of hydrogen-bond donors (Lipinski definition) is 1. The number of aliphatic carboxylic acids is 1. The molecular formula is C22H17Cl2NO4. The second kappa shape index (κ2) is 9.45. The highest BCUT2D eigenvalue weighted by atomic mass is 35.5. The van der Waals surface area contributed by atoms with Gasteiger partial charge in [0.25, 0.3) is 0 Å². The molecule has 0 fully saturated rings. The van der Waals surface area contributed by atoms with Gasteiger partial charge in [0.2, 0.25) is 5.88 Å². The Labute approximate surface area is 178 Å². The Morgan fingerprint density at radius 1 is 1.14 bits per heavy atom. The molecule has 1 N–H and O–H groups in total. The molecule has 29 heavy (non-hydrogen) atoms. The van der Waals surface area contributed by atoms with Crippen molar-refractivity contribution in [3.63, 3.8) is 0 Å². The van der Waals surface area contributed by atoms with E-state index in [0.717, 1.165) is 17.2 Å². The van der Waals surface area contributed by atoms with Crippen LogP contribution in [0.2, 0.25) is 10.0 Å². The van der Waals surface area contributed by atoms with Crippen molar-refractivity contribution in [2.75, 3.05) is 0 Å². The van der Waals surface area contributed by atoms with Crippen molar-refractivity contribution >= 4 is 35.2 Å². The molecule has 7 heteroatoms. The third-order valence-electron chi connectivity index (χ3n) is 4.00. The van der Waals surface area contributed by atoms with Crippen LogP contribution < -0.4 is 9.47 Å². The Kier molecular flexibility index (Phi) is 6.75. The van der Waals surface area contributed by atoms with Gasteiger partial charge in [0.15, 0.2) is 0 Å². The Balaban J connectivity index is 1.67. The molecule has 0 saturated carbocycles. The molecule has 3 aromatic rings. The maximum atomic E-state index is 10.7. The first-order chi connectivity index (χ1) is 13.9. The fraction of sp³-hybridized carbons (Fsp3) is 0.0909. The number of carboxylic acid groups (broad SMARTS) is 1. The average molecular weight is 430 g/mol. The standard InChI is InChI=1S/C22H17Cl2NO4/c1-14-10-20(19(24)11-15(14)6-9-22(26)27)29-21-8-7-17(12-25-21)28-13-16-4-2-3-5-18(16)23/h2-12H,13H2,1H3,(H,26,27). The van der Waals surface area contributed by atoms with Crippen molar-refractivity contribution < 1.29 is 19.4 Å². The van der Waals surface area contributed by atoms with Crippen LogP contribution in [0, 0.1) is 6.92 Å². The van der Waals surface area contributed by atoms with Crippen molar-refractivity contribution in [1.29, 1.82) is 0 Å². The lowest BCUT2D eigenvalue weighted by atomic mass is 10.1. The van der Waals surface area contributed by atoms with E-state index in [2.05, 4.69) is 4.98 Å². The Hall–Kier alpha value is -3.02. The topological polar surface area (TPSA) is 68.7 Å². The fourth-order valence-electron chi connectivity index (χ4n) is 2.49. The first-order valence-corrected chi connectivity index (χ1v) is 9.39. The maximum absolute atomic E-state index is 10.7. The van der Waals surface area contributed by atoms with Crippen LogP contribution in [-0.4, -0.2) is 16.1 Å². The van der Waals surface area contributed by atoms with Crippen molar-refractivity contribution in [3.05, 3.63) is 87.5 Å². The number of aromatic nitrogens is 1. The summed E-state index contributed by atoms with van der Waals surface area (Å²) < 4.78 is 11.4. The highest BCUT2D eigenvalue weighted by molar-refractivity contribution is 6.32. The monoisotopic (exact) mass is 429 g/mol. The van der Waals surface area contributed by atoms with Gasteiger partial charge in [0, 0.05) is 22.7 Å². The van der Waals surface area contributed by atoms with E-state index in [4.69, 9.17) is 37.8 Å². The van der Waals surface area contributed by atoms with E-state index in [1.54, 1.807) is 30.5 Å².